The number of nitrogens with one attached hydrogen (secondary N) is 2. The largest absolute Gasteiger partial charge is 0.431 e. The van der Waals surface area contributed by atoms with E-state index >= 15 is 0 Å². The quantitative estimate of drug-likeness (QED) is 0.505. The van der Waals surface area contributed by atoms with Gasteiger partial charge in [0.15, 0.2) is 0 Å². The molecule has 8 nitrogen and oxygen atoms in total. The minimum Gasteiger partial charge on any atom is -0.431 e. The standard InChI is InChI=1S/C17H16N4O4S/c1-10(2)18-16(22)19-11-3-6-13(7-4-11)25-17-20-14-8-5-12(21(23)24)9-15(14)26-17/h3-10H,1-2H3,(H2,18,19,22). The Balaban J connectivity index is 1.70. The molecule has 2 amide bonds. The summed E-state index contributed by atoms with van der Waals surface area (Å²) in [7, 11) is 0. The zero-order valence-corrected chi connectivity index (χ0v) is 14.9. The lowest BCUT2D eigenvalue weighted by Crippen LogP contribution is -2.34. The normalized spacial score (nSPS) is 10.7. The van der Waals surface area contributed by atoms with Crippen LogP contribution in [-0.4, -0.2) is 22.0 Å². The van der Waals surface area contributed by atoms with Crippen molar-refractivity contribution >= 4 is 39.0 Å². The number of hydrogen-bond donors (Lipinski definition) is 2. The highest BCUT2D eigenvalue weighted by Gasteiger charge is 2.11. The summed E-state index contributed by atoms with van der Waals surface area (Å²) >= 11 is 1.23. The van der Waals surface area contributed by atoms with E-state index in [9.17, 15) is 14.9 Å². The fourth-order valence-corrected chi connectivity index (χ4v) is 3.05. The number of amides is 2. The van der Waals surface area contributed by atoms with Gasteiger partial charge in [-0.3, -0.25) is 10.1 Å². The monoisotopic (exact) mass is 372 g/mol. The number of rotatable bonds is 5. The first kappa shape index (κ1) is 17.6. The van der Waals surface area contributed by atoms with Crippen LogP contribution in [0.5, 0.6) is 10.9 Å². The van der Waals surface area contributed by atoms with Gasteiger partial charge in [-0.15, -0.1) is 0 Å². The summed E-state index contributed by atoms with van der Waals surface area (Å²) in [6.45, 7) is 3.76. The van der Waals surface area contributed by atoms with E-state index in [1.54, 1.807) is 30.3 Å². The molecule has 2 aromatic carbocycles. The number of urea groups is 1. The Labute approximate surface area is 153 Å². The molecule has 0 fully saturated rings. The molecule has 2 N–H and O–H groups in total. The number of aromatic nitrogens is 1. The number of nitro benzene ring substituents is 1. The van der Waals surface area contributed by atoms with Gasteiger partial charge >= 0.3 is 6.03 Å². The van der Waals surface area contributed by atoms with Crippen molar-refractivity contribution < 1.29 is 14.5 Å². The maximum Gasteiger partial charge on any atom is 0.319 e. The summed E-state index contributed by atoms with van der Waals surface area (Å²) in [6.07, 6.45) is 0. The smallest absolute Gasteiger partial charge is 0.319 e. The fraction of sp³-hybridized carbons (Fsp3) is 0.176. The number of carbonyl (C=O) groups excluding carboxylic acids is 1. The van der Waals surface area contributed by atoms with Crippen LogP contribution in [0.15, 0.2) is 42.5 Å². The maximum absolute atomic E-state index is 11.7. The Hall–Kier alpha value is -3.20. The molecule has 1 heterocycles. The van der Waals surface area contributed by atoms with Crippen LogP contribution >= 0.6 is 11.3 Å². The second-order valence-electron chi connectivity index (χ2n) is 5.77. The van der Waals surface area contributed by atoms with E-state index in [2.05, 4.69) is 15.6 Å². The molecule has 0 aliphatic heterocycles. The van der Waals surface area contributed by atoms with E-state index in [4.69, 9.17) is 4.74 Å². The highest BCUT2D eigenvalue weighted by atomic mass is 32.1. The average molecular weight is 372 g/mol. The lowest BCUT2D eigenvalue weighted by molar-refractivity contribution is -0.384. The van der Waals surface area contributed by atoms with Crippen LogP contribution in [0, 0.1) is 10.1 Å². The predicted octanol–water partition coefficient (Wildman–Crippen LogP) is 4.53. The minimum absolute atomic E-state index is 0.0165. The molecule has 9 heteroatoms. The zero-order chi connectivity index (χ0) is 18.7. The van der Waals surface area contributed by atoms with Gasteiger partial charge in [0.2, 0.25) is 0 Å². The number of anilines is 1. The molecule has 0 radical (unpaired) electrons. The van der Waals surface area contributed by atoms with Crippen LogP contribution in [0.3, 0.4) is 0 Å². The molecule has 0 saturated heterocycles. The van der Waals surface area contributed by atoms with Crippen LogP contribution in [0.4, 0.5) is 16.2 Å². The zero-order valence-electron chi connectivity index (χ0n) is 14.1. The van der Waals surface area contributed by atoms with Gasteiger partial charge in [0, 0.05) is 23.9 Å². The first-order chi connectivity index (χ1) is 12.4. The van der Waals surface area contributed by atoms with Crippen LogP contribution < -0.4 is 15.4 Å². The van der Waals surface area contributed by atoms with Gasteiger partial charge in [0.05, 0.1) is 15.1 Å². The first-order valence-electron chi connectivity index (χ1n) is 7.81. The molecule has 0 aliphatic rings. The van der Waals surface area contributed by atoms with Crippen LogP contribution in [0.1, 0.15) is 13.8 Å². The number of fused-ring (bicyclic) bond motifs is 1. The topological polar surface area (TPSA) is 106 Å². The van der Waals surface area contributed by atoms with Crippen molar-refractivity contribution in [3.05, 3.63) is 52.6 Å². The van der Waals surface area contributed by atoms with Crippen molar-refractivity contribution in [1.82, 2.24) is 10.3 Å². The molecule has 26 heavy (non-hydrogen) atoms. The Morgan fingerprint density at radius 1 is 1.23 bits per heavy atom. The highest BCUT2D eigenvalue weighted by Crippen LogP contribution is 2.33. The van der Waals surface area contributed by atoms with E-state index in [1.807, 2.05) is 13.8 Å². The third-order valence-electron chi connectivity index (χ3n) is 3.30. The van der Waals surface area contributed by atoms with Gasteiger partial charge in [0.25, 0.3) is 10.9 Å². The second-order valence-corrected chi connectivity index (χ2v) is 6.76. The first-order valence-corrected chi connectivity index (χ1v) is 8.63. The summed E-state index contributed by atoms with van der Waals surface area (Å²) in [5.74, 6) is 0.549. The Morgan fingerprint density at radius 3 is 2.62 bits per heavy atom. The van der Waals surface area contributed by atoms with Crippen LogP contribution in [-0.2, 0) is 0 Å². The second kappa shape index (κ2) is 7.36. The molecule has 134 valence electrons. The average Bonchev–Trinajstić information content (AvgIpc) is 2.97. The third-order valence-corrected chi connectivity index (χ3v) is 4.20. The number of thiazole rings is 1. The molecular formula is C17H16N4O4S. The van der Waals surface area contributed by atoms with Gasteiger partial charge < -0.3 is 15.4 Å². The number of nitro groups is 1. The van der Waals surface area contributed by atoms with E-state index in [1.165, 1.54) is 23.5 Å². The minimum atomic E-state index is -0.444. The highest BCUT2D eigenvalue weighted by molar-refractivity contribution is 7.20. The number of hydrogen-bond acceptors (Lipinski definition) is 6. The molecule has 0 spiro atoms. The van der Waals surface area contributed by atoms with E-state index in [-0.39, 0.29) is 17.8 Å². The van der Waals surface area contributed by atoms with Crippen LogP contribution in [0.25, 0.3) is 10.2 Å². The molecule has 0 saturated carbocycles. The van der Waals surface area contributed by atoms with Crippen molar-refractivity contribution in [1.29, 1.82) is 0 Å². The molecule has 0 atom stereocenters. The number of non-ortho nitro benzene ring substituents is 1. The Morgan fingerprint density at radius 2 is 1.96 bits per heavy atom. The maximum atomic E-state index is 11.7. The van der Waals surface area contributed by atoms with Gasteiger partial charge in [-0.25, -0.2) is 9.78 Å². The van der Waals surface area contributed by atoms with E-state index in [0.717, 1.165) is 0 Å². The van der Waals surface area contributed by atoms with Gasteiger partial charge in [-0.2, -0.15) is 0 Å². The number of nitrogens with zero attached hydrogens (tertiary/aromatic N) is 2. The van der Waals surface area contributed by atoms with Gasteiger partial charge in [-0.1, -0.05) is 11.3 Å². The molecule has 0 unspecified atom stereocenters. The molecule has 0 aliphatic carbocycles. The van der Waals surface area contributed by atoms with Gasteiger partial charge in [-0.05, 0) is 44.2 Å². The lowest BCUT2D eigenvalue weighted by atomic mass is 10.3. The SMILES string of the molecule is CC(C)NC(=O)Nc1ccc(Oc2nc3ccc([N+](=O)[O-])cc3s2)cc1. The fourth-order valence-electron chi connectivity index (χ4n) is 2.19. The summed E-state index contributed by atoms with van der Waals surface area (Å²) < 4.78 is 6.38. The summed E-state index contributed by atoms with van der Waals surface area (Å²) in [5.41, 5.74) is 1.29. The Bertz CT molecular complexity index is 953. The van der Waals surface area contributed by atoms with E-state index < -0.39 is 4.92 Å². The molecule has 0 bridgehead atoms. The molecule has 3 rings (SSSR count). The lowest BCUT2D eigenvalue weighted by Gasteiger charge is -2.10. The molecule has 3 aromatic rings. The van der Waals surface area contributed by atoms with Crippen molar-refractivity contribution in [3.63, 3.8) is 0 Å². The van der Waals surface area contributed by atoms with Crippen molar-refractivity contribution in [2.75, 3.05) is 5.32 Å². The number of ether oxygens (including phenoxy) is 1. The van der Waals surface area contributed by atoms with Crippen molar-refractivity contribution in [2.24, 2.45) is 0 Å². The third kappa shape index (κ3) is 4.25. The number of benzene rings is 2. The van der Waals surface area contributed by atoms with E-state index in [0.29, 0.717) is 26.8 Å². The summed E-state index contributed by atoms with van der Waals surface area (Å²) in [4.78, 5) is 26.4. The molecule has 1 aromatic heterocycles. The van der Waals surface area contributed by atoms with Gasteiger partial charge in [0.1, 0.15) is 5.75 Å². The summed E-state index contributed by atoms with van der Waals surface area (Å²) in [5, 5.41) is 16.7. The number of carbonyl (C=O) groups is 1. The van der Waals surface area contributed by atoms with Crippen molar-refractivity contribution in [3.8, 4) is 10.9 Å². The Kier molecular flexibility index (Phi) is 4.99. The predicted molar refractivity (Wildman–Crippen MR) is 100 cm³/mol. The van der Waals surface area contributed by atoms with Crippen molar-refractivity contribution in [2.45, 2.75) is 19.9 Å². The molecular weight excluding hydrogens is 356 g/mol. The summed E-state index contributed by atoms with van der Waals surface area (Å²) in [6, 6.07) is 11.1. The van der Waals surface area contributed by atoms with Crippen LogP contribution in [0.2, 0.25) is 0 Å².